The van der Waals surface area contributed by atoms with Gasteiger partial charge in [-0.25, -0.2) is 0 Å². The predicted octanol–water partition coefficient (Wildman–Crippen LogP) is 4.38. The van der Waals surface area contributed by atoms with Crippen LogP contribution in [0, 0.1) is 12.8 Å². The number of nitrogens with one attached hydrogen (secondary N) is 2. The number of aryl methyl sites for hydroxylation is 1. The molecule has 0 aliphatic carbocycles. The van der Waals surface area contributed by atoms with Crippen LogP contribution in [-0.4, -0.2) is 30.9 Å². The molecule has 5 heteroatoms. The van der Waals surface area contributed by atoms with Gasteiger partial charge in [-0.2, -0.15) is 0 Å². The van der Waals surface area contributed by atoms with Crippen LogP contribution >= 0.6 is 0 Å². The molecule has 0 aromatic heterocycles. The number of carbonyl (C=O) groups is 2. The van der Waals surface area contributed by atoms with Crippen LogP contribution in [0.4, 0.5) is 11.4 Å². The number of amides is 2. The van der Waals surface area contributed by atoms with Crippen molar-refractivity contribution >= 4 is 23.2 Å². The van der Waals surface area contributed by atoms with Crippen molar-refractivity contribution in [3.63, 3.8) is 0 Å². The summed E-state index contributed by atoms with van der Waals surface area (Å²) >= 11 is 0. The normalized spacial score (nSPS) is 15.1. The highest BCUT2D eigenvalue weighted by Crippen LogP contribution is 2.22. The van der Waals surface area contributed by atoms with Crippen LogP contribution in [0.5, 0.6) is 0 Å². The summed E-state index contributed by atoms with van der Waals surface area (Å²) < 4.78 is 0. The molecule has 0 saturated carbocycles. The number of nitrogens with zero attached hydrogens (tertiary/aromatic N) is 1. The van der Waals surface area contributed by atoms with Gasteiger partial charge in [-0.15, -0.1) is 0 Å². The van der Waals surface area contributed by atoms with Gasteiger partial charge in [-0.3, -0.25) is 9.59 Å². The van der Waals surface area contributed by atoms with Crippen LogP contribution < -0.4 is 15.5 Å². The number of benzene rings is 2. The minimum Gasteiger partial charge on any atom is -0.372 e. The number of hydrogen-bond acceptors (Lipinski definition) is 3. The Kier molecular flexibility index (Phi) is 6.91. The Bertz CT molecular complexity index is 822. The highest BCUT2D eigenvalue weighted by molar-refractivity contribution is 6.01. The van der Waals surface area contributed by atoms with E-state index >= 15 is 0 Å². The molecule has 1 saturated heterocycles. The Balaban J connectivity index is 1.63. The van der Waals surface area contributed by atoms with Crippen molar-refractivity contribution in [3.8, 4) is 0 Å². The summed E-state index contributed by atoms with van der Waals surface area (Å²) in [5, 5.41) is 5.82. The molecule has 1 aliphatic rings. The van der Waals surface area contributed by atoms with Gasteiger partial charge in [0.15, 0.2) is 0 Å². The molecule has 0 bridgehead atoms. The van der Waals surface area contributed by atoms with E-state index < -0.39 is 6.04 Å². The fourth-order valence-corrected chi connectivity index (χ4v) is 3.59. The first kappa shape index (κ1) is 20.9. The second-order valence-electron chi connectivity index (χ2n) is 8.15. The molecule has 2 aromatic rings. The fraction of sp³-hybridized carbons (Fsp3) is 0.417. The second-order valence-corrected chi connectivity index (χ2v) is 8.15. The van der Waals surface area contributed by atoms with Crippen molar-refractivity contribution in [2.75, 3.05) is 23.3 Å². The number of piperidine rings is 1. The molecule has 2 N–H and O–H groups in total. The third-order valence-electron chi connectivity index (χ3n) is 5.41. The van der Waals surface area contributed by atoms with E-state index in [1.807, 2.05) is 45.0 Å². The summed E-state index contributed by atoms with van der Waals surface area (Å²) in [6, 6.07) is 14.7. The van der Waals surface area contributed by atoms with Gasteiger partial charge in [-0.1, -0.05) is 31.5 Å². The first-order valence-corrected chi connectivity index (χ1v) is 10.5. The lowest BCUT2D eigenvalue weighted by Crippen LogP contribution is -2.47. The van der Waals surface area contributed by atoms with Gasteiger partial charge in [0, 0.05) is 30.0 Å². The molecule has 154 valence electrons. The molecule has 1 heterocycles. The molecule has 1 aliphatic heterocycles. The van der Waals surface area contributed by atoms with Crippen molar-refractivity contribution in [2.45, 2.75) is 46.1 Å². The topological polar surface area (TPSA) is 61.4 Å². The van der Waals surface area contributed by atoms with Gasteiger partial charge in [0.1, 0.15) is 6.04 Å². The van der Waals surface area contributed by atoms with E-state index in [2.05, 4.69) is 27.7 Å². The summed E-state index contributed by atoms with van der Waals surface area (Å²) in [6.07, 6.45) is 3.76. The largest absolute Gasteiger partial charge is 0.372 e. The molecule has 0 unspecified atom stereocenters. The Morgan fingerprint density at radius 1 is 0.897 bits per heavy atom. The van der Waals surface area contributed by atoms with E-state index in [0.29, 0.717) is 5.56 Å². The maximum absolute atomic E-state index is 12.8. The van der Waals surface area contributed by atoms with E-state index in [9.17, 15) is 9.59 Å². The summed E-state index contributed by atoms with van der Waals surface area (Å²) in [6.45, 7) is 8.01. The van der Waals surface area contributed by atoms with E-state index in [1.165, 1.54) is 24.9 Å². The average molecular weight is 394 g/mol. The highest BCUT2D eigenvalue weighted by Gasteiger charge is 2.25. The fourth-order valence-electron chi connectivity index (χ4n) is 3.59. The monoisotopic (exact) mass is 393 g/mol. The summed E-state index contributed by atoms with van der Waals surface area (Å²) in [5.74, 6) is -0.470. The quantitative estimate of drug-likeness (QED) is 0.766. The Morgan fingerprint density at radius 2 is 1.52 bits per heavy atom. The third-order valence-corrected chi connectivity index (χ3v) is 5.41. The van der Waals surface area contributed by atoms with Gasteiger partial charge in [0.2, 0.25) is 5.91 Å². The molecule has 1 fully saturated rings. The number of hydrogen-bond donors (Lipinski definition) is 2. The summed E-state index contributed by atoms with van der Waals surface area (Å²) in [4.78, 5) is 27.8. The first-order valence-electron chi connectivity index (χ1n) is 10.5. The molecule has 2 aromatic carbocycles. The number of anilines is 2. The van der Waals surface area contributed by atoms with Gasteiger partial charge < -0.3 is 15.5 Å². The Labute approximate surface area is 173 Å². The zero-order valence-corrected chi connectivity index (χ0v) is 17.6. The molecule has 5 nitrogen and oxygen atoms in total. The third kappa shape index (κ3) is 5.59. The number of rotatable bonds is 6. The predicted molar refractivity (Wildman–Crippen MR) is 118 cm³/mol. The summed E-state index contributed by atoms with van der Waals surface area (Å²) in [7, 11) is 0. The average Bonchev–Trinajstić information content (AvgIpc) is 2.73. The van der Waals surface area contributed by atoms with Crippen LogP contribution in [0.1, 0.15) is 49.0 Å². The van der Waals surface area contributed by atoms with E-state index in [4.69, 9.17) is 0 Å². The van der Waals surface area contributed by atoms with E-state index in [1.54, 1.807) is 12.1 Å². The first-order chi connectivity index (χ1) is 13.9. The van der Waals surface area contributed by atoms with Crippen LogP contribution in [0.25, 0.3) is 0 Å². The Hall–Kier alpha value is -2.82. The van der Waals surface area contributed by atoms with Crippen LogP contribution in [0.3, 0.4) is 0 Å². The second kappa shape index (κ2) is 9.59. The molecular formula is C24H31N3O2. The van der Waals surface area contributed by atoms with Gasteiger partial charge in [0.05, 0.1) is 0 Å². The van der Waals surface area contributed by atoms with Crippen LogP contribution in [-0.2, 0) is 4.79 Å². The molecule has 29 heavy (non-hydrogen) atoms. The van der Waals surface area contributed by atoms with Crippen molar-refractivity contribution in [3.05, 3.63) is 59.7 Å². The standard InChI is InChI=1S/C24H31N3O2/c1-17(2)22(26-23(28)19-9-7-18(3)8-10-19)24(29)25-20-11-13-21(14-12-20)27-15-5-4-6-16-27/h7-14,17,22H,4-6,15-16H2,1-3H3,(H,25,29)(H,26,28)/t22-/m0/s1. The zero-order valence-electron chi connectivity index (χ0n) is 17.6. The molecule has 0 spiro atoms. The smallest absolute Gasteiger partial charge is 0.251 e. The van der Waals surface area contributed by atoms with Gasteiger partial charge >= 0.3 is 0 Å². The molecule has 0 radical (unpaired) electrons. The van der Waals surface area contributed by atoms with Crippen molar-refractivity contribution in [1.82, 2.24) is 5.32 Å². The lowest BCUT2D eigenvalue weighted by molar-refractivity contribution is -0.118. The van der Waals surface area contributed by atoms with Crippen LogP contribution in [0.15, 0.2) is 48.5 Å². The Morgan fingerprint density at radius 3 is 2.10 bits per heavy atom. The summed E-state index contributed by atoms with van der Waals surface area (Å²) in [5.41, 5.74) is 3.58. The van der Waals surface area contributed by atoms with Crippen molar-refractivity contribution in [2.24, 2.45) is 5.92 Å². The SMILES string of the molecule is Cc1ccc(C(=O)N[C@H](C(=O)Nc2ccc(N3CCCCC3)cc2)C(C)C)cc1. The lowest BCUT2D eigenvalue weighted by atomic mass is 10.0. The van der Waals surface area contributed by atoms with E-state index in [-0.39, 0.29) is 17.7 Å². The highest BCUT2D eigenvalue weighted by atomic mass is 16.2. The minimum absolute atomic E-state index is 0.0305. The van der Waals surface area contributed by atoms with Gasteiger partial charge in [0.25, 0.3) is 5.91 Å². The maximum atomic E-state index is 12.8. The lowest BCUT2D eigenvalue weighted by Gasteiger charge is -2.29. The molecule has 2 amide bonds. The maximum Gasteiger partial charge on any atom is 0.251 e. The number of carbonyl (C=O) groups excluding carboxylic acids is 2. The molecule has 3 rings (SSSR count). The zero-order chi connectivity index (χ0) is 20.8. The van der Waals surface area contributed by atoms with Crippen LogP contribution in [0.2, 0.25) is 0 Å². The van der Waals surface area contributed by atoms with Gasteiger partial charge in [-0.05, 0) is 68.5 Å². The molecule has 1 atom stereocenters. The van der Waals surface area contributed by atoms with E-state index in [0.717, 1.165) is 24.3 Å². The minimum atomic E-state index is -0.606. The van der Waals surface area contributed by atoms with Crippen molar-refractivity contribution < 1.29 is 9.59 Å². The molecular weight excluding hydrogens is 362 g/mol. The van der Waals surface area contributed by atoms with Crippen molar-refractivity contribution in [1.29, 1.82) is 0 Å².